The van der Waals surface area contributed by atoms with Crippen molar-refractivity contribution in [3.8, 4) is 6.07 Å². The van der Waals surface area contributed by atoms with E-state index in [1.807, 2.05) is 6.07 Å². The number of nitriles is 1. The molecule has 5 nitrogen and oxygen atoms in total. The molecule has 1 aliphatic rings. The molecule has 2 aromatic rings. The normalized spacial score (nSPS) is 18.7. The quantitative estimate of drug-likeness (QED) is 0.767. The standard InChI is InChI=1S/C16H19Br2N5/c1-9(2)23-13-6-12(17)14(18)11(7-19)15(13)21-16(23)22-5-3-4-10(20)8-22/h6,9-10H,3-5,8,20H2,1-2H3/t10-/m0/s1. The minimum Gasteiger partial charge on any atom is -0.341 e. The third kappa shape index (κ3) is 2.88. The molecule has 1 fully saturated rings. The number of halogens is 2. The molecule has 0 aliphatic carbocycles. The van der Waals surface area contributed by atoms with Crippen molar-refractivity contribution >= 4 is 48.8 Å². The summed E-state index contributed by atoms with van der Waals surface area (Å²) in [5, 5.41) is 9.55. The summed E-state index contributed by atoms with van der Waals surface area (Å²) in [6, 6.07) is 4.72. The predicted octanol–water partition coefficient (Wildman–Crippen LogP) is 3.94. The summed E-state index contributed by atoms with van der Waals surface area (Å²) >= 11 is 7.02. The summed E-state index contributed by atoms with van der Waals surface area (Å²) in [6.45, 7) is 6.03. The van der Waals surface area contributed by atoms with E-state index in [1.165, 1.54) is 0 Å². The molecular weight excluding hydrogens is 422 g/mol. The number of fused-ring (bicyclic) bond motifs is 1. The highest BCUT2D eigenvalue weighted by Gasteiger charge is 2.25. The Morgan fingerprint density at radius 2 is 2.17 bits per heavy atom. The van der Waals surface area contributed by atoms with Crippen molar-refractivity contribution in [2.45, 2.75) is 38.8 Å². The molecule has 2 N–H and O–H groups in total. The minimum atomic E-state index is 0.179. The molecule has 23 heavy (non-hydrogen) atoms. The van der Waals surface area contributed by atoms with Gasteiger partial charge in [-0.1, -0.05) is 0 Å². The fourth-order valence-corrected chi connectivity index (χ4v) is 3.99. The summed E-state index contributed by atoms with van der Waals surface area (Å²) in [5.41, 5.74) is 8.42. The molecule has 122 valence electrons. The van der Waals surface area contributed by atoms with Gasteiger partial charge < -0.3 is 15.2 Å². The Bertz CT molecular complexity index is 790. The average molecular weight is 441 g/mol. The zero-order chi connectivity index (χ0) is 16.7. The number of piperidine rings is 1. The van der Waals surface area contributed by atoms with E-state index < -0.39 is 0 Å². The first-order valence-electron chi connectivity index (χ1n) is 7.74. The maximum absolute atomic E-state index is 9.55. The van der Waals surface area contributed by atoms with Gasteiger partial charge in [-0.3, -0.25) is 0 Å². The lowest BCUT2D eigenvalue weighted by atomic mass is 10.1. The highest BCUT2D eigenvalue weighted by Crippen LogP contribution is 2.37. The first-order chi connectivity index (χ1) is 10.9. The summed E-state index contributed by atoms with van der Waals surface area (Å²) in [7, 11) is 0. The topological polar surface area (TPSA) is 70.9 Å². The molecule has 0 saturated carbocycles. The largest absolute Gasteiger partial charge is 0.341 e. The molecule has 0 bridgehead atoms. The molecular formula is C16H19Br2N5. The molecule has 1 atom stereocenters. The summed E-state index contributed by atoms with van der Waals surface area (Å²) < 4.78 is 3.82. The van der Waals surface area contributed by atoms with Gasteiger partial charge in [0.25, 0.3) is 0 Å². The molecule has 0 spiro atoms. The second-order valence-electron chi connectivity index (χ2n) is 6.25. The maximum atomic E-state index is 9.55. The van der Waals surface area contributed by atoms with Crippen molar-refractivity contribution in [2.75, 3.05) is 18.0 Å². The fraction of sp³-hybridized carbons (Fsp3) is 0.500. The van der Waals surface area contributed by atoms with Gasteiger partial charge in [0.05, 0.1) is 15.6 Å². The lowest BCUT2D eigenvalue weighted by Crippen LogP contribution is -2.44. The van der Waals surface area contributed by atoms with Gasteiger partial charge in [0, 0.05) is 29.6 Å². The van der Waals surface area contributed by atoms with Crippen LogP contribution in [0.15, 0.2) is 15.0 Å². The van der Waals surface area contributed by atoms with Crippen LogP contribution in [0, 0.1) is 11.3 Å². The molecule has 1 aliphatic heterocycles. The third-order valence-electron chi connectivity index (χ3n) is 4.23. The second-order valence-corrected chi connectivity index (χ2v) is 7.90. The Morgan fingerprint density at radius 3 is 2.78 bits per heavy atom. The second kappa shape index (κ2) is 6.42. The Morgan fingerprint density at radius 1 is 1.43 bits per heavy atom. The van der Waals surface area contributed by atoms with Crippen molar-refractivity contribution in [1.82, 2.24) is 9.55 Å². The van der Waals surface area contributed by atoms with Gasteiger partial charge in [-0.05, 0) is 64.6 Å². The molecule has 0 radical (unpaired) electrons. The van der Waals surface area contributed by atoms with Crippen LogP contribution in [0.4, 0.5) is 5.95 Å². The van der Waals surface area contributed by atoms with Crippen LogP contribution in [0.2, 0.25) is 0 Å². The lowest BCUT2D eigenvalue weighted by molar-refractivity contribution is 0.487. The van der Waals surface area contributed by atoms with Gasteiger partial charge in [-0.15, -0.1) is 0 Å². The van der Waals surface area contributed by atoms with E-state index in [4.69, 9.17) is 10.7 Å². The number of nitrogens with two attached hydrogens (primary N) is 1. The number of hydrogen-bond acceptors (Lipinski definition) is 4. The van der Waals surface area contributed by atoms with Crippen LogP contribution < -0.4 is 10.6 Å². The third-order valence-corrected chi connectivity index (χ3v) is 6.21. The van der Waals surface area contributed by atoms with Crippen LogP contribution in [0.3, 0.4) is 0 Å². The van der Waals surface area contributed by atoms with Crippen molar-refractivity contribution in [3.05, 3.63) is 20.6 Å². The molecule has 1 saturated heterocycles. The molecule has 0 unspecified atom stereocenters. The first-order valence-corrected chi connectivity index (χ1v) is 9.33. The summed E-state index contributed by atoms with van der Waals surface area (Å²) in [5.74, 6) is 0.909. The molecule has 7 heteroatoms. The van der Waals surface area contributed by atoms with Crippen LogP contribution in [0.5, 0.6) is 0 Å². The monoisotopic (exact) mass is 439 g/mol. The minimum absolute atomic E-state index is 0.179. The summed E-state index contributed by atoms with van der Waals surface area (Å²) in [4.78, 5) is 7.07. The zero-order valence-corrected chi connectivity index (χ0v) is 16.4. The van der Waals surface area contributed by atoms with Crippen LogP contribution >= 0.6 is 31.9 Å². The van der Waals surface area contributed by atoms with E-state index in [2.05, 4.69) is 61.2 Å². The van der Waals surface area contributed by atoms with Gasteiger partial charge in [0.15, 0.2) is 0 Å². The Hall–Kier alpha value is -1.10. The maximum Gasteiger partial charge on any atom is 0.206 e. The van der Waals surface area contributed by atoms with E-state index >= 15 is 0 Å². The molecule has 3 rings (SSSR count). The Balaban J connectivity index is 2.26. The summed E-state index contributed by atoms with van der Waals surface area (Å²) in [6.07, 6.45) is 2.12. The van der Waals surface area contributed by atoms with E-state index in [-0.39, 0.29) is 12.1 Å². The van der Waals surface area contributed by atoms with Gasteiger partial charge in [0.1, 0.15) is 11.6 Å². The number of imidazole rings is 1. The molecule has 1 aromatic heterocycles. The van der Waals surface area contributed by atoms with Gasteiger partial charge in [-0.2, -0.15) is 5.26 Å². The number of nitrogens with zero attached hydrogens (tertiary/aromatic N) is 4. The first kappa shape index (κ1) is 16.7. The van der Waals surface area contributed by atoms with E-state index in [9.17, 15) is 5.26 Å². The molecule has 0 amide bonds. The zero-order valence-electron chi connectivity index (χ0n) is 13.2. The van der Waals surface area contributed by atoms with Crippen LogP contribution in [0.25, 0.3) is 11.0 Å². The van der Waals surface area contributed by atoms with Crippen molar-refractivity contribution < 1.29 is 0 Å². The number of rotatable bonds is 2. The van der Waals surface area contributed by atoms with Gasteiger partial charge >= 0.3 is 0 Å². The van der Waals surface area contributed by atoms with Crippen molar-refractivity contribution in [1.29, 1.82) is 5.26 Å². The number of aromatic nitrogens is 2. The van der Waals surface area contributed by atoms with Crippen LogP contribution in [-0.4, -0.2) is 28.7 Å². The fourth-order valence-electron chi connectivity index (χ4n) is 3.19. The van der Waals surface area contributed by atoms with E-state index in [0.29, 0.717) is 5.56 Å². The van der Waals surface area contributed by atoms with E-state index in [0.717, 1.165) is 51.9 Å². The SMILES string of the molecule is CC(C)n1c(N2CCC[C@H](N)C2)nc2c(C#N)c(Br)c(Br)cc21. The lowest BCUT2D eigenvalue weighted by Gasteiger charge is -2.32. The number of benzene rings is 1. The number of anilines is 1. The van der Waals surface area contributed by atoms with Crippen molar-refractivity contribution in [2.24, 2.45) is 5.73 Å². The van der Waals surface area contributed by atoms with Gasteiger partial charge in [0.2, 0.25) is 5.95 Å². The number of hydrogen-bond donors (Lipinski definition) is 1. The van der Waals surface area contributed by atoms with Crippen LogP contribution in [0.1, 0.15) is 38.3 Å². The Kier molecular flexibility index (Phi) is 4.68. The van der Waals surface area contributed by atoms with Gasteiger partial charge in [-0.25, -0.2) is 4.98 Å². The average Bonchev–Trinajstić information content (AvgIpc) is 2.87. The molecule has 1 aromatic carbocycles. The Labute approximate surface area is 152 Å². The smallest absolute Gasteiger partial charge is 0.206 e. The highest BCUT2D eigenvalue weighted by molar-refractivity contribution is 9.13. The van der Waals surface area contributed by atoms with Crippen molar-refractivity contribution in [3.63, 3.8) is 0 Å². The molecule has 2 heterocycles. The highest BCUT2D eigenvalue weighted by atomic mass is 79.9. The predicted molar refractivity (Wildman–Crippen MR) is 99.7 cm³/mol. The van der Waals surface area contributed by atoms with E-state index in [1.54, 1.807) is 0 Å². The van der Waals surface area contributed by atoms with Crippen LogP contribution in [-0.2, 0) is 0 Å².